The van der Waals surface area contributed by atoms with Crippen molar-refractivity contribution in [2.45, 2.75) is 12.5 Å². The normalized spacial score (nSPS) is 17.0. The number of rotatable bonds is 7. The van der Waals surface area contributed by atoms with Gasteiger partial charge in [-0.1, -0.05) is 30.3 Å². The van der Waals surface area contributed by atoms with E-state index in [1.165, 1.54) is 17.3 Å². The van der Waals surface area contributed by atoms with E-state index in [9.17, 15) is 0 Å². The smallest absolute Gasteiger partial charge is 0.270 e. The summed E-state index contributed by atoms with van der Waals surface area (Å²) in [5.74, 6) is 1.53. The quantitative estimate of drug-likeness (QED) is 0.819. The van der Waals surface area contributed by atoms with Crippen molar-refractivity contribution in [3.05, 3.63) is 35.9 Å². The Morgan fingerprint density at radius 1 is 1.17 bits per heavy atom. The lowest BCUT2D eigenvalue weighted by Gasteiger charge is -2.36. The maximum absolute atomic E-state index is 5.29. The Hall–Kier alpha value is -1.70. The van der Waals surface area contributed by atoms with E-state index >= 15 is 0 Å². The van der Waals surface area contributed by atoms with Crippen LogP contribution < -0.4 is 15.0 Å². The number of ether oxygens (including phenoxy) is 1. The molecule has 1 N–H and O–H groups in total. The highest BCUT2D eigenvalue weighted by molar-refractivity contribution is 6.99. The summed E-state index contributed by atoms with van der Waals surface area (Å²) < 4.78 is 13.8. The lowest BCUT2D eigenvalue weighted by atomic mass is 10.1. The van der Waals surface area contributed by atoms with Crippen LogP contribution in [0.5, 0.6) is 5.88 Å². The molecule has 3 rings (SSSR count). The van der Waals surface area contributed by atoms with E-state index in [1.807, 2.05) is 0 Å². The van der Waals surface area contributed by atoms with Crippen LogP contribution in [0.1, 0.15) is 5.56 Å². The van der Waals surface area contributed by atoms with Gasteiger partial charge in [0.05, 0.1) is 18.8 Å². The van der Waals surface area contributed by atoms with Gasteiger partial charge in [-0.05, 0) is 19.0 Å². The van der Waals surface area contributed by atoms with E-state index in [0.29, 0.717) is 11.9 Å². The largest absolute Gasteiger partial charge is 0.478 e. The maximum atomic E-state index is 5.29. The Bertz CT molecular complexity index is 612. The van der Waals surface area contributed by atoms with Gasteiger partial charge in [-0.25, -0.2) is 0 Å². The van der Waals surface area contributed by atoms with Crippen LogP contribution in [-0.2, 0) is 6.42 Å². The molecule has 0 spiro atoms. The van der Waals surface area contributed by atoms with E-state index in [0.717, 1.165) is 45.0 Å². The molecule has 24 heavy (non-hydrogen) atoms. The first-order valence-electron chi connectivity index (χ1n) is 8.35. The van der Waals surface area contributed by atoms with Crippen molar-refractivity contribution in [2.75, 3.05) is 51.8 Å². The molecule has 2 aromatic rings. The molecule has 2 heterocycles. The highest BCUT2D eigenvalue weighted by atomic mass is 32.1. The van der Waals surface area contributed by atoms with Gasteiger partial charge in [0.2, 0.25) is 5.82 Å². The molecule has 0 bridgehead atoms. The van der Waals surface area contributed by atoms with Gasteiger partial charge in [-0.2, -0.15) is 4.37 Å². The fraction of sp³-hybridized carbons (Fsp3) is 0.529. The molecule has 7 heteroatoms. The zero-order chi connectivity index (χ0) is 16.8. The fourth-order valence-electron chi connectivity index (χ4n) is 3.11. The number of hydrogen-bond donors (Lipinski definition) is 1. The standard InChI is InChI=1S/C17H25N5OS/c1-18-15(12-14-6-4-3-5-7-14)13-21-8-10-22(11-9-21)16-17(23-2)20-24-19-16/h3-7,15,18H,8-13H2,1-2H3/t15-/m1/s1. The molecule has 0 aliphatic carbocycles. The molecule has 1 aromatic carbocycles. The number of anilines is 1. The predicted molar refractivity (Wildman–Crippen MR) is 98.1 cm³/mol. The summed E-state index contributed by atoms with van der Waals surface area (Å²) in [6.45, 7) is 5.06. The Morgan fingerprint density at radius 3 is 2.58 bits per heavy atom. The lowest BCUT2D eigenvalue weighted by Crippen LogP contribution is -2.51. The molecular formula is C17H25N5OS. The minimum absolute atomic E-state index is 0.467. The van der Waals surface area contributed by atoms with E-state index < -0.39 is 0 Å². The average Bonchev–Trinajstić information content (AvgIpc) is 3.11. The second-order valence-corrected chi connectivity index (χ2v) is 6.59. The third-order valence-corrected chi connectivity index (χ3v) is 5.02. The SMILES string of the molecule is CN[C@H](Cc1ccccc1)CN1CCN(c2nsnc2OC)CC1. The van der Waals surface area contributed by atoms with Crippen molar-refractivity contribution in [3.8, 4) is 5.88 Å². The number of methoxy groups -OCH3 is 1. The highest BCUT2D eigenvalue weighted by Crippen LogP contribution is 2.26. The number of benzene rings is 1. The van der Waals surface area contributed by atoms with Crippen LogP contribution in [0, 0.1) is 0 Å². The monoisotopic (exact) mass is 347 g/mol. The number of likely N-dealkylation sites (N-methyl/N-ethyl adjacent to an activating group) is 1. The summed E-state index contributed by atoms with van der Waals surface area (Å²) in [5.41, 5.74) is 1.38. The van der Waals surface area contributed by atoms with Gasteiger partial charge in [0.1, 0.15) is 0 Å². The highest BCUT2D eigenvalue weighted by Gasteiger charge is 2.23. The van der Waals surface area contributed by atoms with Crippen molar-refractivity contribution in [1.29, 1.82) is 0 Å². The van der Waals surface area contributed by atoms with Crippen LogP contribution in [0.4, 0.5) is 5.82 Å². The minimum Gasteiger partial charge on any atom is -0.478 e. The summed E-state index contributed by atoms with van der Waals surface area (Å²) in [5, 5.41) is 3.46. The molecule has 0 amide bonds. The zero-order valence-corrected chi connectivity index (χ0v) is 15.1. The van der Waals surface area contributed by atoms with Crippen LogP contribution in [0.25, 0.3) is 0 Å². The van der Waals surface area contributed by atoms with Gasteiger partial charge in [0.25, 0.3) is 5.88 Å². The molecule has 1 atom stereocenters. The van der Waals surface area contributed by atoms with Crippen LogP contribution >= 0.6 is 11.7 Å². The van der Waals surface area contributed by atoms with Gasteiger partial charge in [0, 0.05) is 38.8 Å². The molecular weight excluding hydrogens is 322 g/mol. The zero-order valence-electron chi connectivity index (χ0n) is 14.3. The molecule has 6 nitrogen and oxygen atoms in total. The Kier molecular flexibility index (Phi) is 6.01. The van der Waals surface area contributed by atoms with Crippen molar-refractivity contribution in [3.63, 3.8) is 0 Å². The van der Waals surface area contributed by atoms with Crippen molar-refractivity contribution < 1.29 is 4.74 Å². The van der Waals surface area contributed by atoms with E-state index in [-0.39, 0.29) is 0 Å². The number of aromatic nitrogens is 2. The average molecular weight is 347 g/mol. The topological polar surface area (TPSA) is 53.5 Å². The number of piperazine rings is 1. The summed E-state index contributed by atoms with van der Waals surface area (Å²) in [6, 6.07) is 11.1. The third kappa shape index (κ3) is 4.23. The molecule has 0 radical (unpaired) electrons. The molecule has 1 aromatic heterocycles. The molecule has 1 aliphatic rings. The third-order valence-electron chi connectivity index (χ3n) is 4.52. The van der Waals surface area contributed by atoms with Crippen LogP contribution in [0.2, 0.25) is 0 Å². The molecule has 0 unspecified atom stereocenters. The predicted octanol–water partition coefficient (Wildman–Crippen LogP) is 1.50. The second kappa shape index (κ2) is 8.41. The van der Waals surface area contributed by atoms with Gasteiger partial charge < -0.3 is 15.0 Å². The molecule has 1 aliphatic heterocycles. The van der Waals surface area contributed by atoms with Crippen molar-refractivity contribution in [1.82, 2.24) is 19.0 Å². The van der Waals surface area contributed by atoms with E-state index in [4.69, 9.17) is 4.74 Å². The first kappa shape index (κ1) is 17.1. The van der Waals surface area contributed by atoms with Crippen LogP contribution in [-0.4, -0.2) is 66.6 Å². The maximum Gasteiger partial charge on any atom is 0.270 e. The second-order valence-electron chi connectivity index (χ2n) is 6.06. The molecule has 1 saturated heterocycles. The first-order valence-corrected chi connectivity index (χ1v) is 9.08. The van der Waals surface area contributed by atoms with Gasteiger partial charge in [0.15, 0.2) is 0 Å². The first-order chi connectivity index (χ1) is 11.8. The van der Waals surface area contributed by atoms with Crippen molar-refractivity contribution in [2.24, 2.45) is 0 Å². The van der Waals surface area contributed by atoms with Gasteiger partial charge in [-0.15, -0.1) is 4.37 Å². The summed E-state index contributed by atoms with van der Waals surface area (Å²) >= 11 is 1.21. The Balaban J connectivity index is 1.51. The van der Waals surface area contributed by atoms with Crippen LogP contribution in [0.15, 0.2) is 30.3 Å². The number of nitrogens with one attached hydrogen (secondary N) is 1. The summed E-state index contributed by atoms with van der Waals surface area (Å²) in [6.07, 6.45) is 1.06. The molecule has 1 fully saturated rings. The fourth-order valence-corrected chi connectivity index (χ4v) is 3.65. The lowest BCUT2D eigenvalue weighted by molar-refractivity contribution is 0.231. The number of hydrogen-bond acceptors (Lipinski definition) is 7. The van der Waals surface area contributed by atoms with Crippen LogP contribution in [0.3, 0.4) is 0 Å². The van der Waals surface area contributed by atoms with Crippen molar-refractivity contribution >= 4 is 17.5 Å². The van der Waals surface area contributed by atoms with Gasteiger partial charge >= 0.3 is 0 Å². The Morgan fingerprint density at radius 2 is 1.92 bits per heavy atom. The Labute approximate surface area is 147 Å². The minimum atomic E-state index is 0.467. The molecule has 130 valence electrons. The number of nitrogens with zero attached hydrogens (tertiary/aromatic N) is 4. The summed E-state index contributed by atoms with van der Waals surface area (Å²) in [4.78, 5) is 4.79. The summed E-state index contributed by atoms with van der Waals surface area (Å²) in [7, 11) is 3.70. The van der Waals surface area contributed by atoms with E-state index in [1.54, 1.807) is 7.11 Å². The van der Waals surface area contributed by atoms with E-state index in [2.05, 4.69) is 61.2 Å². The van der Waals surface area contributed by atoms with Gasteiger partial charge in [-0.3, -0.25) is 4.90 Å². The molecule has 0 saturated carbocycles.